The average Bonchev–Trinajstić information content (AvgIpc) is 2.87. The number of hydrogen-bond acceptors (Lipinski definition) is 2. The molecule has 0 bridgehead atoms. The molecule has 2 unspecified atom stereocenters. The number of nitrogens with one attached hydrogen (secondary N) is 1. The molecule has 0 spiro atoms. The van der Waals surface area contributed by atoms with Crippen molar-refractivity contribution in [3.63, 3.8) is 0 Å². The lowest BCUT2D eigenvalue weighted by atomic mass is 10.1. The molecule has 2 fully saturated rings. The van der Waals surface area contributed by atoms with Crippen LogP contribution in [0.4, 0.5) is 0 Å². The van der Waals surface area contributed by atoms with E-state index in [4.69, 9.17) is 4.74 Å². The van der Waals surface area contributed by atoms with Crippen LogP contribution in [0.2, 0.25) is 0 Å². The summed E-state index contributed by atoms with van der Waals surface area (Å²) < 4.78 is 7.32. The van der Waals surface area contributed by atoms with Gasteiger partial charge in [0.15, 0.2) is 0 Å². The molecule has 1 N–H and O–H groups in total. The lowest BCUT2D eigenvalue weighted by Crippen LogP contribution is -2.31. The Morgan fingerprint density at radius 2 is 2.19 bits per heavy atom. The van der Waals surface area contributed by atoms with Gasteiger partial charge in [0.2, 0.25) is 6.21 Å². The Hall–Kier alpha value is -1.68. The summed E-state index contributed by atoms with van der Waals surface area (Å²) in [5, 5.41) is 0. The highest BCUT2D eigenvalue weighted by molar-refractivity contribution is 5.82. The molecule has 82 valence electrons. The Bertz CT molecular complexity index is 442. The van der Waals surface area contributed by atoms with Crippen LogP contribution in [0.15, 0.2) is 30.3 Å². The van der Waals surface area contributed by atoms with Crippen molar-refractivity contribution in [2.24, 2.45) is 5.92 Å². The number of ether oxygens (including phenoxy) is 1. The number of amides is 1. The van der Waals surface area contributed by atoms with Crippen molar-refractivity contribution in [1.29, 1.82) is 0 Å². The van der Waals surface area contributed by atoms with Crippen molar-refractivity contribution >= 4 is 12.1 Å². The third-order valence-electron chi connectivity index (χ3n) is 3.00. The Kier molecular flexibility index (Phi) is 2.22. The Morgan fingerprint density at radius 3 is 3.00 bits per heavy atom. The number of benzene rings is 1. The van der Waals surface area contributed by atoms with E-state index >= 15 is 0 Å². The molecule has 0 radical (unpaired) electrons. The maximum atomic E-state index is 11.6. The van der Waals surface area contributed by atoms with Crippen LogP contribution in [0.5, 0.6) is 0 Å². The standard InChI is InChI=1S/C12H12N2O2/c15-11-10-6-7-16-12(10)14(13-11)8-9-4-2-1-3-5-9/h1-5,8,10,12H,6-7H2/p+1. The Labute approximate surface area is 93.5 Å². The minimum atomic E-state index is -0.132. The lowest BCUT2D eigenvalue weighted by molar-refractivity contribution is -0.630. The van der Waals surface area contributed by atoms with Gasteiger partial charge in [0.1, 0.15) is 5.92 Å². The molecule has 0 aliphatic carbocycles. The topological polar surface area (TPSA) is 41.3 Å². The van der Waals surface area contributed by atoms with Gasteiger partial charge in [-0.15, -0.1) is 5.43 Å². The van der Waals surface area contributed by atoms with E-state index in [2.05, 4.69) is 5.43 Å². The summed E-state index contributed by atoms with van der Waals surface area (Å²) in [6.45, 7) is 0.669. The summed E-state index contributed by atoms with van der Waals surface area (Å²) >= 11 is 0. The van der Waals surface area contributed by atoms with E-state index in [9.17, 15) is 4.79 Å². The van der Waals surface area contributed by atoms with E-state index in [0.29, 0.717) is 6.61 Å². The monoisotopic (exact) mass is 217 g/mol. The van der Waals surface area contributed by atoms with Gasteiger partial charge in [-0.2, -0.15) is 0 Å². The van der Waals surface area contributed by atoms with E-state index in [0.717, 1.165) is 12.0 Å². The van der Waals surface area contributed by atoms with E-state index in [1.165, 1.54) is 0 Å². The van der Waals surface area contributed by atoms with Crippen molar-refractivity contribution < 1.29 is 14.2 Å². The molecular weight excluding hydrogens is 204 g/mol. The van der Waals surface area contributed by atoms with Crippen molar-refractivity contribution in [3.05, 3.63) is 35.9 Å². The molecule has 0 aromatic heterocycles. The fourth-order valence-electron chi connectivity index (χ4n) is 2.19. The number of rotatable bonds is 1. The molecule has 4 heteroatoms. The molecule has 1 aromatic rings. The summed E-state index contributed by atoms with van der Waals surface area (Å²) in [7, 11) is 0. The molecule has 1 amide bonds. The fraction of sp³-hybridized carbons (Fsp3) is 0.333. The van der Waals surface area contributed by atoms with Gasteiger partial charge in [-0.25, -0.2) is 0 Å². The van der Waals surface area contributed by atoms with Crippen molar-refractivity contribution in [2.45, 2.75) is 12.6 Å². The van der Waals surface area contributed by atoms with Crippen LogP contribution < -0.4 is 5.43 Å². The first-order chi connectivity index (χ1) is 7.84. The van der Waals surface area contributed by atoms with Crippen LogP contribution in [0.1, 0.15) is 12.0 Å². The summed E-state index contributed by atoms with van der Waals surface area (Å²) in [5.74, 6) is 0.0506. The molecule has 2 saturated heterocycles. The van der Waals surface area contributed by atoms with Crippen molar-refractivity contribution in [3.8, 4) is 0 Å². The molecule has 1 aromatic carbocycles. The maximum Gasteiger partial charge on any atom is 0.297 e. The predicted octanol–water partition coefficient (Wildman–Crippen LogP) is 0.525. The molecule has 2 atom stereocenters. The van der Waals surface area contributed by atoms with Gasteiger partial charge in [-0.3, -0.25) is 4.79 Å². The zero-order valence-corrected chi connectivity index (χ0v) is 8.80. The number of fused-ring (bicyclic) bond motifs is 1. The number of carbonyl (C=O) groups excluding carboxylic acids is 1. The predicted molar refractivity (Wildman–Crippen MR) is 57.9 cm³/mol. The van der Waals surface area contributed by atoms with Crippen molar-refractivity contribution in [2.75, 3.05) is 6.61 Å². The number of hydrogen-bond donors (Lipinski definition) is 1. The van der Waals surface area contributed by atoms with Gasteiger partial charge in [0.05, 0.1) is 6.61 Å². The van der Waals surface area contributed by atoms with Gasteiger partial charge < -0.3 is 4.74 Å². The summed E-state index contributed by atoms with van der Waals surface area (Å²) in [6.07, 6.45) is 2.59. The molecule has 0 saturated carbocycles. The van der Waals surface area contributed by atoms with Crippen LogP contribution in [-0.2, 0) is 9.53 Å². The molecule has 3 rings (SSSR count). The van der Waals surface area contributed by atoms with Crippen LogP contribution in [0.25, 0.3) is 0 Å². The quantitative estimate of drug-likeness (QED) is 0.697. The van der Waals surface area contributed by atoms with E-state index < -0.39 is 0 Å². The first-order valence-corrected chi connectivity index (χ1v) is 5.45. The highest BCUT2D eigenvalue weighted by Gasteiger charge is 2.50. The Morgan fingerprint density at radius 1 is 1.38 bits per heavy atom. The zero-order valence-electron chi connectivity index (χ0n) is 8.80. The second kappa shape index (κ2) is 3.72. The Balaban J connectivity index is 1.91. The number of nitrogens with zero attached hydrogens (tertiary/aromatic N) is 1. The van der Waals surface area contributed by atoms with Gasteiger partial charge in [-0.05, 0) is 18.6 Å². The van der Waals surface area contributed by atoms with Gasteiger partial charge >= 0.3 is 0 Å². The molecule has 16 heavy (non-hydrogen) atoms. The third-order valence-corrected chi connectivity index (χ3v) is 3.00. The lowest BCUT2D eigenvalue weighted by Gasteiger charge is -2.00. The SMILES string of the molecule is O=C1N[N+](=Cc2ccccc2)C2OCCC12. The van der Waals surface area contributed by atoms with E-state index in [1.807, 2.05) is 36.5 Å². The number of hydrazine groups is 1. The summed E-state index contributed by atoms with van der Waals surface area (Å²) in [6, 6.07) is 9.89. The molecule has 2 aliphatic rings. The number of hydrazone groups is 1. The maximum absolute atomic E-state index is 11.6. The minimum absolute atomic E-state index is 0.0139. The highest BCUT2D eigenvalue weighted by atomic mass is 16.5. The van der Waals surface area contributed by atoms with Crippen molar-refractivity contribution in [1.82, 2.24) is 5.43 Å². The third kappa shape index (κ3) is 1.51. The van der Waals surface area contributed by atoms with Gasteiger partial charge in [0, 0.05) is 5.56 Å². The fourth-order valence-corrected chi connectivity index (χ4v) is 2.19. The second-order valence-corrected chi connectivity index (χ2v) is 4.08. The molecule has 2 aliphatic heterocycles. The molecular formula is C12H13N2O2+. The smallest absolute Gasteiger partial charge is 0.297 e. The van der Waals surface area contributed by atoms with Crippen LogP contribution in [0, 0.1) is 5.92 Å². The molecule has 2 heterocycles. The first-order valence-electron chi connectivity index (χ1n) is 5.45. The number of carbonyl (C=O) groups is 1. The summed E-state index contributed by atoms with van der Waals surface area (Å²) in [4.78, 5) is 11.6. The zero-order chi connectivity index (χ0) is 11.0. The van der Waals surface area contributed by atoms with Crippen LogP contribution in [-0.4, -0.2) is 29.6 Å². The summed E-state index contributed by atoms with van der Waals surface area (Å²) in [5.41, 5.74) is 3.87. The minimum Gasteiger partial charge on any atom is -0.319 e. The first kappa shape index (κ1) is 9.54. The van der Waals surface area contributed by atoms with Crippen LogP contribution in [0.3, 0.4) is 0 Å². The molecule has 4 nitrogen and oxygen atoms in total. The average molecular weight is 217 g/mol. The van der Waals surface area contributed by atoms with E-state index in [-0.39, 0.29) is 18.1 Å². The highest BCUT2D eigenvalue weighted by Crippen LogP contribution is 2.25. The normalized spacial score (nSPS) is 30.5. The van der Waals surface area contributed by atoms with Gasteiger partial charge in [-0.1, -0.05) is 22.9 Å². The second-order valence-electron chi connectivity index (χ2n) is 4.08. The van der Waals surface area contributed by atoms with Crippen LogP contribution >= 0.6 is 0 Å². The van der Waals surface area contributed by atoms with Gasteiger partial charge in [0.25, 0.3) is 12.1 Å². The van der Waals surface area contributed by atoms with E-state index in [1.54, 1.807) is 4.68 Å². The largest absolute Gasteiger partial charge is 0.319 e.